The number of ether oxygens (including phenoxy) is 2. The Morgan fingerprint density at radius 1 is 1.00 bits per heavy atom. The highest BCUT2D eigenvalue weighted by molar-refractivity contribution is 6.34. The van der Waals surface area contributed by atoms with E-state index in [1.807, 2.05) is 24.3 Å². The van der Waals surface area contributed by atoms with Crippen LogP contribution >= 0.6 is 23.2 Å². The van der Waals surface area contributed by atoms with Crippen molar-refractivity contribution >= 4 is 40.8 Å². The number of hydrogen-bond acceptors (Lipinski definition) is 4. The van der Waals surface area contributed by atoms with Crippen LogP contribution in [-0.2, 0) is 17.8 Å². The van der Waals surface area contributed by atoms with Crippen molar-refractivity contribution in [3.63, 3.8) is 0 Å². The molecule has 3 aromatic rings. The van der Waals surface area contributed by atoms with Crippen LogP contribution in [0.2, 0.25) is 10.0 Å². The van der Waals surface area contributed by atoms with Crippen molar-refractivity contribution in [3.05, 3.63) is 104 Å². The lowest BCUT2D eigenvalue weighted by Gasteiger charge is -2.08. The van der Waals surface area contributed by atoms with Gasteiger partial charge in [-0.05, 0) is 59.2 Å². The Bertz CT molecular complexity index is 1190. The molecule has 0 atom stereocenters. The third-order valence-electron chi connectivity index (χ3n) is 5.18. The van der Waals surface area contributed by atoms with Gasteiger partial charge in [0, 0.05) is 40.3 Å². The van der Waals surface area contributed by atoms with Crippen molar-refractivity contribution in [2.45, 2.75) is 13.0 Å². The Kier molecular flexibility index (Phi) is 6.75. The fraction of sp³-hybridized carbons (Fsp3) is 0.154. The average molecular weight is 467 g/mol. The number of benzene rings is 3. The molecule has 32 heavy (non-hydrogen) atoms. The SMILES string of the molecule is COCC(=O)c1ccc(COc2ccc3c(c2)C/C(=C\c2cc(Cl)cc(Cl)c2)C3=O)cc1. The van der Waals surface area contributed by atoms with E-state index in [0.29, 0.717) is 45.5 Å². The standard InChI is InChI=1S/C26H20Cl2O4/c1-31-15-25(29)18-4-2-16(3-5-18)14-32-23-6-7-24-19(12-23)11-20(26(24)30)8-17-9-21(27)13-22(28)10-17/h2-10,12-13H,11,14-15H2,1H3/b20-8+. The lowest BCUT2D eigenvalue weighted by atomic mass is 10.1. The van der Waals surface area contributed by atoms with Crippen LogP contribution in [0.1, 0.15) is 37.4 Å². The third-order valence-corrected chi connectivity index (χ3v) is 5.61. The highest BCUT2D eigenvalue weighted by Gasteiger charge is 2.25. The predicted molar refractivity (Wildman–Crippen MR) is 126 cm³/mol. The monoisotopic (exact) mass is 466 g/mol. The van der Waals surface area contributed by atoms with E-state index in [0.717, 1.165) is 16.7 Å². The predicted octanol–water partition coefficient (Wildman–Crippen LogP) is 6.22. The van der Waals surface area contributed by atoms with Crippen molar-refractivity contribution in [3.8, 4) is 5.75 Å². The number of fused-ring (bicyclic) bond motifs is 1. The van der Waals surface area contributed by atoms with Gasteiger partial charge in [0.1, 0.15) is 19.0 Å². The van der Waals surface area contributed by atoms with Gasteiger partial charge in [-0.1, -0.05) is 47.5 Å². The molecule has 1 aliphatic carbocycles. The topological polar surface area (TPSA) is 52.6 Å². The van der Waals surface area contributed by atoms with E-state index in [1.54, 1.807) is 42.5 Å². The highest BCUT2D eigenvalue weighted by Crippen LogP contribution is 2.32. The number of carbonyl (C=O) groups is 2. The number of methoxy groups -OCH3 is 1. The van der Waals surface area contributed by atoms with Gasteiger partial charge in [0.15, 0.2) is 11.6 Å². The number of halogens is 2. The summed E-state index contributed by atoms with van der Waals surface area (Å²) in [4.78, 5) is 24.6. The van der Waals surface area contributed by atoms with Crippen molar-refractivity contribution in [2.24, 2.45) is 0 Å². The molecule has 6 heteroatoms. The number of rotatable bonds is 7. The molecular formula is C26H20Cl2O4. The van der Waals surface area contributed by atoms with Crippen LogP contribution in [0.4, 0.5) is 0 Å². The normalized spacial score (nSPS) is 14.0. The molecule has 0 spiro atoms. The summed E-state index contributed by atoms with van der Waals surface area (Å²) in [6.45, 7) is 0.416. The molecule has 0 aromatic heterocycles. The minimum atomic E-state index is -0.0628. The molecule has 0 unspecified atom stereocenters. The van der Waals surface area contributed by atoms with E-state index < -0.39 is 0 Å². The van der Waals surface area contributed by atoms with Gasteiger partial charge in [0.2, 0.25) is 0 Å². The smallest absolute Gasteiger partial charge is 0.189 e. The zero-order valence-electron chi connectivity index (χ0n) is 17.4. The maximum Gasteiger partial charge on any atom is 0.189 e. The number of ketones is 2. The molecule has 0 amide bonds. The summed E-state index contributed by atoms with van der Waals surface area (Å²) in [5, 5.41) is 1.05. The van der Waals surface area contributed by atoms with Crippen molar-refractivity contribution in [2.75, 3.05) is 13.7 Å². The molecule has 0 saturated carbocycles. The lowest BCUT2D eigenvalue weighted by Crippen LogP contribution is -2.07. The molecule has 162 valence electrons. The number of allylic oxidation sites excluding steroid dienone is 1. The lowest BCUT2D eigenvalue weighted by molar-refractivity contribution is 0.0847. The molecule has 0 heterocycles. The molecule has 4 rings (SSSR count). The van der Waals surface area contributed by atoms with E-state index >= 15 is 0 Å². The van der Waals surface area contributed by atoms with Gasteiger partial charge in [-0.3, -0.25) is 9.59 Å². The van der Waals surface area contributed by atoms with Gasteiger partial charge >= 0.3 is 0 Å². The van der Waals surface area contributed by atoms with Crippen LogP contribution in [-0.4, -0.2) is 25.3 Å². The van der Waals surface area contributed by atoms with E-state index in [9.17, 15) is 9.59 Å². The first-order valence-corrected chi connectivity index (χ1v) is 10.8. The van der Waals surface area contributed by atoms with Gasteiger partial charge in [0.25, 0.3) is 0 Å². The van der Waals surface area contributed by atoms with Gasteiger partial charge < -0.3 is 9.47 Å². The van der Waals surface area contributed by atoms with Crippen LogP contribution in [0, 0.1) is 0 Å². The number of Topliss-reactive ketones (excluding diaryl/α,β-unsaturated/α-hetero) is 2. The minimum Gasteiger partial charge on any atom is -0.489 e. The molecule has 0 radical (unpaired) electrons. The third kappa shape index (κ3) is 5.10. The van der Waals surface area contributed by atoms with Gasteiger partial charge in [-0.2, -0.15) is 0 Å². The first-order valence-electron chi connectivity index (χ1n) is 10.0. The molecule has 0 bridgehead atoms. The largest absolute Gasteiger partial charge is 0.489 e. The molecular weight excluding hydrogens is 447 g/mol. The molecule has 0 N–H and O–H groups in total. The molecule has 1 aliphatic rings. The van der Waals surface area contributed by atoms with Crippen LogP contribution in [0.15, 0.2) is 66.2 Å². The zero-order valence-corrected chi connectivity index (χ0v) is 18.9. The Balaban J connectivity index is 1.44. The Morgan fingerprint density at radius 2 is 1.72 bits per heavy atom. The van der Waals surface area contributed by atoms with Crippen LogP contribution in [0.5, 0.6) is 5.75 Å². The van der Waals surface area contributed by atoms with E-state index in [-0.39, 0.29) is 18.2 Å². The zero-order chi connectivity index (χ0) is 22.7. The summed E-state index contributed by atoms with van der Waals surface area (Å²) in [5.74, 6) is 0.620. The first kappa shape index (κ1) is 22.3. The molecule has 0 fully saturated rings. The Labute approximate surface area is 196 Å². The van der Waals surface area contributed by atoms with Gasteiger partial charge in [0.05, 0.1) is 0 Å². The van der Waals surface area contributed by atoms with E-state index in [1.165, 1.54) is 7.11 Å². The summed E-state index contributed by atoms with van der Waals surface area (Å²) < 4.78 is 10.8. The minimum absolute atomic E-state index is 0.000960. The summed E-state index contributed by atoms with van der Waals surface area (Å²) in [5.41, 5.74) is 4.63. The Hall–Kier alpha value is -2.92. The second-order valence-corrected chi connectivity index (χ2v) is 8.41. The van der Waals surface area contributed by atoms with Crippen LogP contribution in [0.25, 0.3) is 6.08 Å². The molecule has 0 saturated heterocycles. The molecule has 4 nitrogen and oxygen atoms in total. The summed E-state index contributed by atoms with van der Waals surface area (Å²) in [7, 11) is 1.50. The summed E-state index contributed by atoms with van der Waals surface area (Å²) >= 11 is 12.1. The summed E-state index contributed by atoms with van der Waals surface area (Å²) in [6.07, 6.45) is 2.35. The average Bonchev–Trinajstić information content (AvgIpc) is 3.06. The fourth-order valence-corrected chi connectivity index (χ4v) is 4.17. The fourth-order valence-electron chi connectivity index (χ4n) is 3.63. The molecule has 3 aromatic carbocycles. The maximum absolute atomic E-state index is 12.8. The van der Waals surface area contributed by atoms with Crippen molar-refractivity contribution in [1.82, 2.24) is 0 Å². The van der Waals surface area contributed by atoms with E-state index in [4.69, 9.17) is 32.7 Å². The quantitative estimate of drug-likeness (QED) is 0.306. The number of carbonyl (C=O) groups excluding carboxylic acids is 2. The highest BCUT2D eigenvalue weighted by atomic mass is 35.5. The first-order chi connectivity index (χ1) is 15.4. The second-order valence-electron chi connectivity index (χ2n) is 7.54. The maximum atomic E-state index is 12.8. The van der Waals surface area contributed by atoms with Gasteiger partial charge in [-0.15, -0.1) is 0 Å². The van der Waals surface area contributed by atoms with Crippen molar-refractivity contribution < 1.29 is 19.1 Å². The van der Waals surface area contributed by atoms with Crippen molar-refractivity contribution in [1.29, 1.82) is 0 Å². The molecule has 0 aliphatic heterocycles. The summed E-state index contributed by atoms with van der Waals surface area (Å²) in [6, 6.07) is 17.9. The Morgan fingerprint density at radius 3 is 2.41 bits per heavy atom. The second kappa shape index (κ2) is 9.70. The van der Waals surface area contributed by atoms with Gasteiger partial charge in [-0.25, -0.2) is 0 Å². The number of hydrogen-bond donors (Lipinski definition) is 0. The van der Waals surface area contributed by atoms with Crippen LogP contribution in [0.3, 0.4) is 0 Å². The van der Waals surface area contributed by atoms with E-state index in [2.05, 4.69) is 0 Å². The van der Waals surface area contributed by atoms with Crippen LogP contribution < -0.4 is 4.74 Å².